The first-order chi connectivity index (χ1) is 10.1. The number of carboxylic acids is 1. The molecule has 0 saturated heterocycles. The van der Waals surface area contributed by atoms with Gasteiger partial charge in [-0.15, -0.1) is 0 Å². The van der Waals surface area contributed by atoms with Crippen LogP contribution >= 0.6 is 0 Å². The molecule has 2 aromatic carbocycles. The molecule has 0 heterocycles. The van der Waals surface area contributed by atoms with E-state index >= 15 is 0 Å². The van der Waals surface area contributed by atoms with Crippen molar-refractivity contribution in [1.29, 1.82) is 0 Å². The Balaban J connectivity index is 2.00. The molecular formula is C16H14FNO3. The molecule has 0 spiro atoms. The van der Waals surface area contributed by atoms with Gasteiger partial charge in [0.25, 0.3) is 5.91 Å². The third kappa shape index (κ3) is 3.66. The van der Waals surface area contributed by atoms with Crippen molar-refractivity contribution in [3.8, 4) is 0 Å². The fraction of sp³-hybridized carbons (Fsp3) is 0.125. The van der Waals surface area contributed by atoms with Crippen LogP contribution in [0, 0.1) is 5.82 Å². The number of benzene rings is 2. The van der Waals surface area contributed by atoms with E-state index in [1.165, 1.54) is 18.2 Å². The number of carbonyl (C=O) groups excluding carboxylic acids is 1. The summed E-state index contributed by atoms with van der Waals surface area (Å²) in [7, 11) is 0. The third-order valence-corrected chi connectivity index (χ3v) is 3.04. The molecule has 0 fully saturated rings. The first-order valence-corrected chi connectivity index (χ1v) is 6.43. The second-order valence-electron chi connectivity index (χ2n) is 4.45. The number of rotatable bonds is 5. The van der Waals surface area contributed by atoms with Gasteiger partial charge in [-0.2, -0.15) is 0 Å². The Bertz CT molecular complexity index is 670. The quantitative estimate of drug-likeness (QED) is 0.888. The van der Waals surface area contributed by atoms with Crippen LogP contribution in [0.15, 0.2) is 48.5 Å². The van der Waals surface area contributed by atoms with Crippen molar-refractivity contribution < 1.29 is 19.1 Å². The highest BCUT2D eigenvalue weighted by Crippen LogP contribution is 2.09. The lowest BCUT2D eigenvalue weighted by molar-refractivity contribution is 0.0691. The van der Waals surface area contributed by atoms with E-state index in [4.69, 9.17) is 5.11 Å². The summed E-state index contributed by atoms with van der Waals surface area (Å²) in [5.41, 5.74) is 0.545. The number of nitrogens with one attached hydrogen (secondary N) is 1. The molecule has 21 heavy (non-hydrogen) atoms. The van der Waals surface area contributed by atoms with Gasteiger partial charge >= 0.3 is 5.97 Å². The van der Waals surface area contributed by atoms with Gasteiger partial charge < -0.3 is 10.4 Å². The molecule has 2 N–H and O–H groups in total. The number of hydrogen-bond acceptors (Lipinski definition) is 2. The number of halogens is 1. The van der Waals surface area contributed by atoms with Crippen LogP contribution in [0.25, 0.3) is 0 Å². The van der Waals surface area contributed by atoms with Crippen LogP contribution in [0.1, 0.15) is 26.3 Å². The first-order valence-electron chi connectivity index (χ1n) is 6.43. The maximum Gasteiger partial charge on any atom is 0.336 e. The van der Waals surface area contributed by atoms with Crippen molar-refractivity contribution in [2.45, 2.75) is 6.42 Å². The molecule has 0 aliphatic heterocycles. The summed E-state index contributed by atoms with van der Waals surface area (Å²) in [4.78, 5) is 23.0. The first kappa shape index (κ1) is 14.7. The molecule has 0 unspecified atom stereocenters. The van der Waals surface area contributed by atoms with Crippen LogP contribution in [0.5, 0.6) is 0 Å². The molecule has 0 bridgehead atoms. The number of carboxylic acid groups (broad SMARTS) is 1. The van der Waals surface area contributed by atoms with Gasteiger partial charge in [0.15, 0.2) is 0 Å². The van der Waals surface area contributed by atoms with E-state index in [0.717, 1.165) is 0 Å². The Morgan fingerprint density at radius 1 is 1.00 bits per heavy atom. The SMILES string of the molecule is O=C(O)c1ccccc1C(=O)NCCc1ccccc1F. The minimum atomic E-state index is -1.16. The summed E-state index contributed by atoms with van der Waals surface area (Å²) >= 11 is 0. The van der Waals surface area contributed by atoms with Crippen molar-refractivity contribution in [3.05, 3.63) is 71.0 Å². The van der Waals surface area contributed by atoms with Gasteiger partial charge in [0.05, 0.1) is 11.1 Å². The molecule has 0 radical (unpaired) electrons. The Labute approximate surface area is 121 Å². The summed E-state index contributed by atoms with van der Waals surface area (Å²) in [5, 5.41) is 11.6. The zero-order valence-electron chi connectivity index (χ0n) is 11.2. The van der Waals surface area contributed by atoms with E-state index in [9.17, 15) is 14.0 Å². The van der Waals surface area contributed by atoms with E-state index in [1.54, 1.807) is 30.3 Å². The average molecular weight is 287 g/mol. The van der Waals surface area contributed by atoms with Gasteiger partial charge in [0.1, 0.15) is 5.82 Å². The fourth-order valence-electron chi connectivity index (χ4n) is 1.97. The maximum absolute atomic E-state index is 13.4. The Hall–Kier alpha value is -2.69. The van der Waals surface area contributed by atoms with Crippen molar-refractivity contribution in [2.24, 2.45) is 0 Å². The second-order valence-corrected chi connectivity index (χ2v) is 4.45. The van der Waals surface area contributed by atoms with Gasteiger partial charge in [-0.3, -0.25) is 4.79 Å². The lowest BCUT2D eigenvalue weighted by Crippen LogP contribution is -2.27. The van der Waals surface area contributed by atoms with Gasteiger partial charge in [0.2, 0.25) is 0 Å². The van der Waals surface area contributed by atoms with E-state index in [1.807, 2.05) is 0 Å². The summed E-state index contributed by atoms with van der Waals surface area (Å²) in [6, 6.07) is 12.3. The molecule has 108 valence electrons. The van der Waals surface area contributed by atoms with Crippen molar-refractivity contribution in [2.75, 3.05) is 6.54 Å². The average Bonchev–Trinajstić information content (AvgIpc) is 2.49. The van der Waals surface area contributed by atoms with E-state index in [2.05, 4.69) is 5.32 Å². The Kier molecular flexibility index (Phi) is 4.66. The van der Waals surface area contributed by atoms with Gasteiger partial charge in [-0.05, 0) is 30.2 Å². The highest BCUT2D eigenvalue weighted by molar-refractivity contribution is 6.04. The van der Waals surface area contributed by atoms with Crippen molar-refractivity contribution in [3.63, 3.8) is 0 Å². The Morgan fingerprint density at radius 3 is 2.29 bits per heavy atom. The predicted octanol–water partition coefficient (Wildman–Crippen LogP) is 2.50. The molecule has 2 rings (SSSR count). The molecule has 2 aromatic rings. The maximum atomic E-state index is 13.4. The molecular weight excluding hydrogens is 273 g/mol. The predicted molar refractivity (Wildman–Crippen MR) is 75.8 cm³/mol. The zero-order valence-corrected chi connectivity index (χ0v) is 11.2. The highest BCUT2D eigenvalue weighted by Gasteiger charge is 2.15. The number of amides is 1. The summed E-state index contributed by atoms with van der Waals surface area (Å²) in [6.07, 6.45) is 0.341. The van der Waals surface area contributed by atoms with Gasteiger partial charge in [0, 0.05) is 6.54 Å². The standard InChI is InChI=1S/C16H14FNO3/c17-14-8-4-1-5-11(14)9-10-18-15(19)12-6-2-3-7-13(12)16(20)21/h1-8H,9-10H2,(H,18,19)(H,20,21). The zero-order chi connectivity index (χ0) is 15.2. The van der Waals surface area contributed by atoms with Crippen LogP contribution in [-0.4, -0.2) is 23.5 Å². The lowest BCUT2D eigenvalue weighted by Gasteiger charge is -2.08. The number of hydrogen-bond donors (Lipinski definition) is 2. The van der Waals surface area contributed by atoms with Crippen LogP contribution in [0.3, 0.4) is 0 Å². The largest absolute Gasteiger partial charge is 0.478 e. The van der Waals surface area contributed by atoms with Crippen molar-refractivity contribution >= 4 is 11.9 Å². The molecule has 0 aliphatic rings. The normalized spacial score (nSPS) is 10.1. The number of carbonyl (C=O) groups is 2. The molecule has 0 saturated carbocycles. The monoisotopic (exact) mass is 287 g/mol. The smallest absolute Gasteiger partial charge is 0.336 e. The van der Waals surface area contributed by atoms with Crippen LogP contribution < -0.4 is 5.32 Å². The van der Waals surface area contributed by atoms with Crippen molar-refractivity contribution in [1.82, 2.24) is 5.32 Å². The fourth-order valence-corrected chi connectivity index (χ4v) is 1.97. The molecule has 0 aliphatic carbocycles. The summed E-state index contributed by atoms with van der Waals surface area (Å²) in [5.74, 6) is -1.96. The molecule has 4 nitrogen and oxygen atoms in total. The van der Waals surface area contributed by atoms with E-state index in [0.29, 0.717) is 12.0 Å². The molecule has 0 aromatic heterocycles. The summed E-state index contributed by atoms with van der Waals surface area (Å²) < 4.78 is 13.4. The van der Waals surface area contributed by atoms with Crippen LogP contribution in [0.2, 0.25) is 0 Å². The van der Waals surface area contributed by atoms with Gasteiger partial charge in [-0.1, -0.05) is 30.3 Å². The highest BCUT2D eigenvalue weighted by atomic mass is 19.1. The second kappa shape index (κ2) is 6.65. The van der Waals surface area contributed by atoms with Crippen LogP contribution in [-0.2, 0) is 6.42 Å². The summed E-state index contributed by atoms with van der Waals surface area (Å²) in [6.45, 7) is 0.230. The third-order valence-electron chi connectivity index (χ3n) is 3.04. The van der Waals surface area contributed by atoms with E-state index < -0.39 is 11.9 Å². The Morgan fingerprint density at radius 2 is 1.62 bits per heavy atom. The molecule has 5 heteroatoms. The van der Waals surface area contributed by atoms with Crippen LogP contribution in [0.4, 0.5) is 4.39 Å². The minimum absolute atomic E-state index is 0.0547. The van der Waals surface area contributed by atoms with E-state index in [-0.39, 0.29) is 23.5 Å². The minimum Gasteiger partial charge on any atom is -0.478 e. The molecule has 0 atom stereocenters. The lowest BCUT2D eigenvalue weighted by atomic mass is 10.1. The van der Waals surface area contributed by atoms with Gasteiger partial charge in [-0.25, -0.2) is 9.18 Å². The topological polar surface area (TPSA) is 66.4 Å². The number of aromatic carboxylic acids is 1. The molecule has 1 amide bonds.